The highest BCUT2D eigenvalue weighted by molar-refractivity contribution is 5.70. The van der Waals surface area contributed by atoms with Gasteiger partial charge in [-0.1, -0.05) is 12.2 Å². The van der Waals surface area contributed by atoms with Gasteiger partial charge in [-0.2, -0.15) is 0 Å². The van der Waals surface area contributed by atoms with Gasteiger partial charge in [0.25, 0.3) is 0 Å². The third-order valence-electron chi connectivity index (χ3n) is 15.0. The maximum atomic E-state index is 12.9. The summed E-state index contributed by atoms with van der Waals surface area (Å²) >= 11 is 0. The van der Waals surface area contributed by atoms with Crippen LogP contribution in [-0.4, -0.2) is 145 Å². The molecule has 0 amide bonds. The van der Waals surface area contributed by atoms with Crippen LogP contribution in [0, 0.1) is 0 Å². The Morgan fingerprint density at radius 1 is 0.461 bits per heavy atom. The summed E-state index contributed by atoms with van der Waals surface area (Å²) in [5.41, 5.74) is 6.93. The van der Waals surface area contributed by atoms with Gasteiger partial charge in [-0.3, -0.25) is 9.59 Å². The highest BCUT2D eigenvalue weighted by Crippen LogP contribution is 2.47. The second-order valence-electron chi connectivity index (χ2n) is 19.4. The molecule has 0 aromatic heterocycles. The molecule has 0 N–H and O–H groups in total. The minimum atomic E-state index is -0.246. The van der Waals surface area contributed by atoms with E-state index in [1.54, 1.807) is 71.1 Å². The number of carbonyl (C=O) groups is 2. The molecule has 0 aliphatic carbocycles. The number of nitrogens with zero attached hydrogens (tertiary/aromatic N) is 2. The molecule has 0 saturated carbocycles. The van der Waals surface area contributed by atoms with Crippen LogP contribution >= 0.6 is 0 Å². The highest BCUT2D eigenvalue weighted by Gasteiger charge is 2.42. The van der Waals surface area contributed by atoms with Crippen molar-refractivity contribution in [2.45, 2.75) is 76.3 Å². The molecule has 6 rings (SSSR count). The van der Waals surface area contributed by atoms with E-state index in [1.165, 1.54) is 22.3 Å². The molecule has 2 aliphatic heterocycles. The van der Waals surface area contributed by atoms with Crippen molar-refractivity contribution in [2.24, 2.45) is 0 Å². The van der Waals surface area contributed by atoms with Crippen LogP contribution in [-0.2, 0) is 44.7 Å². The highest BCUT2D eigenvalue weighted by atomic mass is 35.5. The first-order valence-electron chi connectivity index (χ1n) is 25.5. The largest absolute Gasteiger partial charge is 1.00 e. The van der Waals surface area contributed by atoms with Crippen molar-refractivity contribution in [2.75, 3.05) is 125 Å². The molecular formula is C58H80Cl2N2O14. The lowest BCUT2D eigenvalue weighted by Crippen LogP contribution is -3.00. The summed E-state index contributed by atoms with van der Waals surface area (Å²) in [4.78, 5) is 25.7. The zero-order valence-electron chi connectivity index (χ0n) is 46.6. The van der Waals surface area contributed by atoms with Gasteiger partial charge in [0, 0.05) is 62.5 Å². The first kappa shape index (κ1) is 62.6. The van der Waals surface area contributed by atoms with Gasteiger partial charge in [-0.25, -0.2) is 0 Å². The van der Waals surface area contributed by atoms with E-state index < -0.39 is 0 Å². The zero-order chi connectivity index (χ0) is 53.4. The Morgan fingerprint density at radius 3 is 1.08 bits per heavy atom. The number of quaternary nitrogens is 2. The second kappa shape index (κ2) is 29.5. The molecule has 2 aliphatic rings. The number of halogens is 2. The minimum Gasteiger partial charge on any atom is -1.00 e. The Hall–Kier alpha value is -5.94. The minimum absolute atomic E-state index is 0. The second-order valence-corrected chi connectivity index (χ2v) is 19.4. The van der Waals surface area contributed by atoms with Crippen molar-refractivity contribution in [3.05, 3.63) is 94.1 Å². The number of hydrogen-bond donors (Lipinski definition) is 0. The van der Waals surface area contributed by atoms with E-state index in [0.29, 0.717) is 109 Å². The summed E-state index contributed by atoms with van der Waals surface area (Å²) in [6, 6.07) is 16.5. The molecule has 2 unspecified atom stereocenters. The molecule has 0 fully saturated rings. The fraction of sp³-hybridized carbons (Fsp3) is 0.517. The van der Waals surface area contributed by atoms with Crippen LogP contribution in [0.3, 0.4) is 0 Å². The Balaban J connectivity index is 0.00000624. The summed E-state index contributed by atoms with van der Waals surface area (Å²) in [6.45, 7) is 4.02. The first-order valence-corrected chi connectivity index (χ1v) is 25.5. The summed E-state index contributed by atoms with van der Waals surface area (Å²) in [5, 5.41) is 0. The zero-order valence-corrected chi connectivity index (χ0v) is 48.1. The lowest BCUT2D eigenvalue weighted by Gasteiger charge is -2.46. The quantitative estimate of drug-likeness (QED) is 0.0356. The van der Waals surface area contributed by atoms with E-state index in [0.717, 1.165) is 59.1 Å². The Labute approximate surface area is 462 Å². The number of hydrogen-bond acceptors (Lipinski definition) is 14. The van der Waals surface area contributed by atoms with Crippen LogP contribution in [0.15, 0.2) is 60.7 Å². The Bertz CT molecular complexity index is 2350. The third kappa shape index (κ3) is 15.0. The smallest absolute Gasteiger partial charge is 0.306 e. The maximum absolute atomic E-state index is 12.9. The molecule has 2 heterocycles. The van der Waals surface area contributed by atoms with Crippen molar-refractivity contribution in [1.29, 1.82) is 0 Å². The molecule has 420 valence electrons. The average molecular weight is 1100 g/mol. The molecule has 0 spiro atoms. The molecule has 4 atom stereocenters. The van der Waals surface area contributed by atoms with Gasteiger partial charge in [-0.15, -0.1) is 0 Å². The fourth-order valence-corrected chi connectivity index (χ4v) is 10.8. The van der Waals surface area contributed by atoms with Gasteiger partial charge in [0.2, 0.25) is 11.5 Å². The molecule has 16 nitrogen and oxygen atoms in total. The van der Waals surface area contributed by atoms with Crippen molar-refractivity contribution in [3.63, 3.8) is 0 Å². The number of allylic oxidation sites excluding steroid dienone is 2. The van der Waals surface area contributed by atoms with Crippen LogP contribution in [0.25, 0.3) is 0 Å². The first-order chi connectivity index (χ1) is 35.7. The number of carbonyl (C=O) groups excluding carboxylic acids is 2. The van der Waals surface area contributed by atoms with Crippen LogP contribution in [0.4, 0.5) is 0 Å². The van der Waals surface area contributed by atoms with Crippen LogP contribution < -0.4 is 72.2 Å². The number of rotatable bonds is 28. The summed E-state index contributed by atoms with van der Waals surface area (Å²) < 4.78 is 69.8. The molecule has 76 heavy (non-hydrogen) atoms. The molecule has 0 bridgehead atoms. The van der Waals surface area contributed by atoms with E-state index in [1.807, 2.05) is 36.4 Å². The molecule has 4 aromatic carbocycles. The van der Waals surface area contributed by atoms with E-state index >= 15 is 0 Å². The molecular weight excluding hydrogens is 1020 g/mol. The number of ether oxygens (including phenoxy) is 12. The SMILES string of the molecule is COc1cc2c(cc1OC)[C@H](Cc1cc(OC)c(OC)c(OC)c1)[N+](C)(CCCOC(=O)CC/C=C/CCC(=O)OCCC[N+]1(C)CCc3cc(OC)c(OC)cc3[C@@H]1Cc1cc(OC)c(OC)c(OC)c1)CC2.[Cl-].[Cl-]. The van der Waals surface area contributed by atoms with Gasteiger partial charge in [0.15, 0.2) is 46.0 Å². The standard InChI is InChI=1S/C58H80N2O14.2ClH/c1-59(25-21-41-35-47(63-3)49(65-5)37-43(41)45(59)29-39-31-51(67-7)57(71-11)52(32-39)68-8)23-17-27-73-55(61)19-15-13-14-16-20-56(62)74-28-18-24-60(2)26-22-42-36-48(64-4)50(66-6)38-44(42)46(60)30-40-33-53(69-9)58(72-12)54(34-40)70-10;;/h13-14,31-38,45-46H,15-30H2,1-12H3;2*1H/q+2;;/p-2/b14-13+;;/t45-,46-,59?,60?;;/m0../s1. The van der Waals surface area contributed by atoms with Gasteiger partial charge in [0.1, 0.15) is 12.1 Å². The van der Waals surface area contributed by atoms with Crippen molar-refractivity contribution >= 4 is 11.9 Å². The summed E-state index contributed by atoms with van der Waals surface area (Å²) in [6.07, 6.45) is 9.94. The summed E-state index contributed by atoms with van der Waals surface area (Å²) in [5.74, 6) is 5.81. The van der Waals surface area contributed by atoms with Gasteiger partial charge >= 0.3 is 11.9 Å². The number of methoxy groups -OCH3 is 10. The maximum Gasteiger partial charge on any atom is 0.306 e. The molecule has 0 radical (unpaired) electrons. The molecule has 0 saturated heterocycles. The van der Waals surface area contributed by atoms with E-state index in [-0.39, 0.29) is 61.7 Å². The molecule has 4 aromatic rings. The summed E-state index contributed by atoms with van der Waals surface area (Å²) in [7, 11) is 20.9. The van der Waals surface area contributed by atoms with Crippen molar-refractivity contribution in [1.82, 2.24) is 0 Å². The van der Waals surface area contributed by atoms with Crippen LogP contribution in [0.5, 0.6) is 57.5 Å². The van der Waals surface area contributed by atoms with Gasteiger partial charge in [0.05, 0.1) is 125 Å². The monoisotopic (exact) mass is 1100 g/mol. The van der Waals surface area contributed by atoms with Gasteiger partial charge < -0.3 is 90.6 Å². The predicted molar refractivity (Wildman–Crippen MR) is 282 cm³/mol. The lowest BCUT2D eigenvalue weighted by molar-refractivity contribution is -0.941. The van der Waals surface area contributed by atoms with E-state index in [2.05, 4.69) is 38.4 Å². The van der Waals surface area contributed by atoms with Crippen LogP contribution in [0.1, 0.15) is 84.0 Å². The van der Waals surface area contributed by atoms with Gasteiger partial charge in [-0.05, 0) is 83.6 Å². The number of likely N-dealkylation sites (N-methyl/N-ethyl adjacent to an activating group) is 2. The Kier molecular flexibility index (Phi) is 24.3. The predicted octanol–water partition coefficient (Wildman–Crippen LogP) is 3.04. The van der Waals surface area contributed by atoms with Crippen molar-refractivity contribution in [3.8, 4) is 57.5 Å². The molecule has 18 heteroatoms. The normalized spacial score (nSPS) is 18.4. The fourth-order valence-electron chi connectivity index (χ4n) is 10.8. The van der Waals surface area contributed by atoms with E-state index in [9.17, 15) is 9.59 Å². The Morgan fingerprint density at radius 2 is 0.776 bits per heavy atom. The number of esters is 2. The third-order valence-corrected chi connectivity index (χ3v) is 15.0. The van der Waals surface area contributed by atoms with E-state index in [4.69, 9.17) is 56.8 Å². The number of fused-ring (bicyclic) bond motifs is 2. The topological polar surface area (TPSA) is 145 Å². The van der Waals surface area contributed by atoms with Crippen molar-refractivity contribution < 1.29 is 100 Å². The average Bonchev–Trinajstić information content (AvgIpc) is 3.42. The lowest BCUT2D eigenvalue weighted by atomic mass is 9.86. The van der Waals surface area contributed by atoms with Crippen LogP contribution in [0.2, 0.25) is 0 Å². The number of benzene rings is 4.